The molecule has 0 aromatic heterocycles. The van der Waals surface area contributed by atoms with E-state index in [1.807, 2.05) is 81.4 Å². The van der Waals surface area contributed by atoms with Crippen LogP contribution in [0.2, 0.25) is 0 Å². The van der Waals surface area contributed by atoms with Crippen LogP contribution in [0.4, 0.5) is 24.0 Å². The van der Waals surface area contributed by atoms with E-state index in [1.165, 1.54) is 21.6 Å². The lowest BCUT2D eigenvalue weighted by Crippen LogP contribution is -2.53. The molecule has 10 rings (SSSR count). The topological polar surface area (TPSA) is 461 Å². The smallest absolute Gasteiger partial charge is 0.410 e. The molecular formula is C85H127N7O29. The first-order chi connectivity index (χ1) is 56.3. The summed E-state index contributed by atoms with van der Waals surface area (Å²) in [5.74, 6) is -11.3. The summed E-state index contributed by atoms with van der Waals surface area (Å²) in [5, 5.41) is 39.6. The van der Waals surface area contributed by atoms with Crippen molar-refractivity contribution in [1.29, 1.82) is 0 Å². The van der Waals surface area contributed by atoms with Gasteiger partial charge in [0, 0.05) is 97.5 Å². The van der Waals surface area contributed by atoms with E-state index >= 15 is 0 Å². The number of nitrogens with zero attached hydrogens (tertiary/aromatic N) is 6. The number of piperidine rings is 5. The number of carboxylic acid groups (broad SMARTS) is 4. The number of esters is 4. The number of ketones is 1. The Hall–Kier alpha value is -10.2. The van der Waals surface area contributed by atoms with Crippen LogP contribution in [0.15, 0.2) is 60.7 Å². The largest absolute Gasteiger partial charge is 0.481 e. The summed E-state index contributed by atoms with van der Waals surface area (Å²) in [6, 6.07) is 18.8. The van der Waals surface area contributed by atoms with Crippen LogP contribution in [0.1, 0.15) is 167 Å². The van der Waals surface area contributed by atoms with Crippen LogP contribution >= 0.6 is 0 Å². The van der Waals surface area contributed by atoms with Crippen LogP contribution < -0.4 is 5.32 Å². The van der Waals surface area contributed by atoms with Gasteiger partial charge in [0.05, 0.1) is 80.7 Å². The van der Waals surface area contributed by atoms with Crippen molar-refractivity contribution < 1.29 is 140 Å². The van der Waals surface area contributed by atoms with Crippen molar-refractivity contribution in [3.8, 4) is 0 Å². The molecule has 0 saturated carbocycles. The second-order valence-corrected chi connectivity index (χ2v) is 36.1. The number of aliphatic carboxylic acids is 4. The summed E-state index contributed by atoms with van der Waals surface area (Å²) < 4.78 is 52.2. The first-order valence-corrected chi connectivity index (χ1v) is 40.9. The van der Waals surface area contributed by atoms with Crippen molar-refractivity contribution in [3.63, 3.8) is 0 Å². The summed E-state index contributed by atoms with van der Waals surface area (Å²) >= 11 is 0. The lowest BCUT2D eigenvalue weighted by molar-refractivity contribution is -0.176. The first kappa shape index (κ1) is 101. The summed E-state index contributed by atoms with van der Waals surface area (Å²) in [4.78, 5) is 186. The van der Waals surface area contributed by atoms with E-state index in [1.54, 1.807) is 92.9 Å². The van der Waals surface area contributed by atoms with E-state index in [-0.39, 0.29) is 127 Å². The fraction of sp³-hybridized carbons (Fsp3) is 0.682. The number of hydrogen-bond acceptors (Lipinski definition) is 26. The number of rotatable bonds is 14. The van der Waals surface area contributed by atoms with Crippen molar-refractivity contribution in [1.82, 2.24) is 34.7 Å². The van der Waals surface area contributed by atoms with Crippen LogP contribution in [-0.4, -0.2) is 286 Å². The number of Topliss-reactive ketones (excluding diaryl/α,β-unsaturated/α-hetero) is 1. The van der Waals surface area contributed by atoms with Crippen molar-refractivity contribution in [2.75, 3.05) is 118 Å². The van der Waals surface area contributed by atoms with Gasteiger partial charge in [-0.2, -0.15) is 0 Å². The number of morpholine rings is 2. The van der Waals surface area contributed by atoms with Gasteiger partial charge in [-0.25, -0.2) is 24.0 Å². The van der Waals surface area contributed by atoms with Gasteiger partial charge in [0.1, 0.15) is 47.0 Å². The molecule has 2 aromatic carbocycles. The molecule has 8 fully saturated rings. The Labute approximate surface area is 707 Å². The molecule has 2 aromatic rings. The highest BCUT2D eigenvalue weighted by molar-refractivity contribution is 5.92. The Bertz CT molecular complexity index is 3670. The van der Waals surface area contributed by atoms with E-state index in [0.29, 0.717) is 58.7 Å². The first-order valence-electron chi connectivity index (χ1n) is 40.9. The summed E-state index contributed by atoms with van der Waals surface area (Å²) in [6.07, 6.45) is -0.880. The number of nitrogens with one attached hydrogen (secondary N) is 1. The Morgan fingerprint density at radius 3 is 0.967 bits per heavy atom. The van der Waals surface area contributed by atoms with E-state index in [2.05, 4.69) is 10.1 Å². The molecule has 2 unspecified atom stereocenters. The van der Waals surface area contributed by atoms with Crippen LogP contribution in [-0.2, 0) is 109 Å². The highest BCUT2D eigenvalue weighted by atomic mass is 16.6. The molecule has 5 N–H and O–H groups in total. The third kappa shape index (κ3) is 38.2. The van der Waals surface area contributed by atoms with E-state index in [4.69, 9.17) is 58.0 Å². The van der Waals surface area contributed by atoms with Crippen LogP contribution in [0.25, 0.3) is 0 Å². The van der Waals surface area contributed by atoms with E-state index < -0.39 is 142 Å². The van der Waals surface area contributed by atoms with E-state index in [9.17, 15) is 77.0 Å². The van der Waals surface area contributed by atoms with Gasteiger partial charge in [0.25, 0.3) is 0 Å². The quantitative estimate of drug-likeness (QED) is 0.0668. The molecule has 0 radical (unpaired) electrons. The lowest BCUT2D eigenvalue weighted by Gasteiger charge is -2.39. The van der Waals surface area contributed by atoms with Gasteiger partial charge in [0.2, 0.25) is 5.91 Å². The van der Waals surface area contributed by atoms with Gasteiger partial charge < -0.3 is 103 Å². The molecule has 36 heteroatoms. The summed E-state index contributed by atoms with van der Waals surface area (Å²) in [7, 11) is 0. The fourth-order valence-electron chi connectivity index (χ4n) is 13.8. The van der Waals surface area contributed by atoms with Gasteiger partial charge in [-0.15, -0.1) is 0 Å². The normalized spacial score (nSPS) is 23.0. The van der Waals surface area contributed by atoms with Gasteiger partial charge in [0.15, 0.2) is 0 Å². The number of cyclic esters (lactones) is 2. The fourth-order valence-corrected chi connectivity index (χ4v) is 13.8. The maximum atomic E-state index is 13.1. The molecular weight excluding hydrogens is 1580 g/mol. The third-order valence-electron chi connectivity index (χ3n) is 19.4. The Morgan fingerprint density at radius 1 is 0.372 bits per heavy atom. The predicted molar refractivity (Wildman–Crippen MR) is 432 cm³/mol. The Morgan fingerprint density at radius 2 is 0.661 bits per heavy atom. The number of carbonyl (C=O) groups excluding carboxylic acids is 11. The molecule has 10 atom stereocenters. The molecule has 0 aliphatic carbocycles. The minimum absolute atomic E-state index is 0.00390. The van der Waals surface area contributed by atoms with Crippen molar-refractivity contribution in [2.45, 2.75) is 197 Å². The van der Waals surface area contributed by atoms with Crippen LogP contribution in [0, 0.1) is 59.2 Å². The zero-order chi connectivity index (χ0) is 90.5. The average molecular weight is 1710 g/mol. The zero-order valence-corrected chi connectivity index (χ0v) is 72.8. The van der Waals surface area contributed by atoms with Gasteiger partial charge in [-0.3, -0.25) is 47.9 Å². The molecule has 8 aliphatic rings. The Kier molecular flexibility index (Phi) is 39.1. The molecule has 8 aliphatic heterocycles. The maximum absolute atomic E-state index is 13.1. The molecule has 8 heterocycles. The molecule has 36 nitrogen and oxygen atoms in total. The standard InChI is InChI=1S/C24H34N2O6.C20H27NO6.C13H21NO5.C12H19NO6.C12H17NO5.C4H9NO/c1-24(2,3)32-23(29)26-15-19(14-21(27)31-17-18-7-5-4-6-8-18)13-20(16-26)22(28)25-9-11-30-12-10-25;1-20(2,3)27-19(25)21-11-15(9-16(12-21)18(23)24)10-17(22)26-13-14-7-5-4-6-8-14;1-8(15)9-5-10(11(16)17)7-14(6-9)12(18)19-13(2,3)4;1-12(2,3)19-11(18)13-5-7(9(14)15)4-8(6-13)10(16)17;1-12(2,3)18-11(16)13-5-7-4-8(6-13)10(15)17-9(7)14;1-3-6-4-2-5-1/h4-8,19-20H,9-17H2,1-3H3;4-8,15-16H,9-13H2,1-3H3,(H,23,24);9-10H,5-7H2,1-4H3,(H,16,17);7-8H,4-6H2,1-3H3,(H,14,15)(H,16,17);7-8H,4-6H2,1-3H3;5H,1-4H2/t19-,20-;15-,16-;9-,10+;7-,8+;;/m000.../s1. The monoisotopic (exact) mass is 1710 g/mol. The summed E-state index contributed by atoms with van der Waals surface area (Å²) in [6.45, 7) is 35.9. The number of fused-ring (bicyclic) bond motifs is 2. The second kappa shape index (κ2) is 46.7. The van der Waals surface area contributed by atoms with Crippen LogP contribution in [0.5, 0.6) is 0 Å². The zero-order valence-electron chi connectivity index (χ0n) is 72.8. The predicted octanol–water partition coefficient (Wildman–Crippen LogP) is 9.04. The van der Waals surface area contributed by atoms with E-state index in [0.717, 1.165) is 42.3 Å². The minimum atomic E-state index is -1.10. The van der Waals surface area contributed by atoms with Crippen LogP contribution in [0.3, 0.4) is 0 Å². The number of ether oxygens (including phenoxy) is 10. The minimum Gasteiger partial charge on any atom is -0.481 e. The lowest BCUT2D eigenvalue weighted by atomic mass is 9.86. The van der Waals surface area contributed by atoms with Gasteiger partial charge >= 0.3 is 78.2 Å². The molecule has 0 spiro atoms. The number of benzene rings is 2. The number of likely N-dealkylation sites (tertiary alicyclic amines) is 5. The van der Waals surface area contributed by atoms with Crippen molar-refractivity contribution in [2.24, 2.45) is 59.2 Å². The van der Waals surface area contributed by atoms with Gasteiger partial charge in [-0.1, -0.05) is 60.7 Å². The summed E-state index contributed by atoms with van der Waals surface area (Å²) in [5.41, 5.74) is -1.44. The highest BCUT2D eigenvalue weighted by Crippen LogP contribution is 2.33. The van der Waals surface area contributed by atoms with Gasteiger partial charge in [-0.05, 0) is 166 Å². The second-order valence-electron chi connectivity index (χ2n) is 36.1. The maximum Gasteiger partial charge on any atom is 0.410 e. The molecule has 6 amide bonds. The number of carboxylic acids is 4. The Balaban J connectivity index is 0.000000269. The molecule has 8 saturated heterocycles. The highest BCUT2D eigenvalue weighted by Gasteiger charge is 2.46. The molecule has 676 valence electrons. The van der Waals surface area contributed by atoms with Crippen molar-refractivity contribution in [3.05, 3.63) is 71.8 Å². The molecule has 2 bridgehead atoms. The molecule has 121 heavy (non-hydrogen) atoms. The number of amides is 6. The third-order valence-corrected chi connectivity index (χ3v) is 19.4. The average Bonchev–Trinajstić information content (AvgIpc) is 0.786. The van der Waals surface area contributed by atoms with Crippen molar-refractivity contribution >= 4 is 89.9 Å². The number of hydrogen-bond donors (Lipinski definition) is 5. The number of carbonyl (C=O) groups is 15. The SMILES string of the molecule is C1COCCN1.CC(=O)[C@H]1C[C@@H](C(=O)O)CN(C(=O)OC(C)(C)C)C1.CC(C)(C)OC(=O)N1CC2CC(C1)C(=O)OC2=O.CC(C)(C)OC(=O)N1C[C@H](C(=O)O)C[C@H](C(=O)O)C1.CC(C)(C)OC(=O)N1C[C@H](CC(=O)OCc2ccccc2)C[C@H](C(=O)N2CCOCC2)C1.CC(C)(C)OC(=O)N1C[C@H](CC(=O)OCc2ccccc2)C[C@H](C(=O)O)C1.